The number of carbonyl (C=O) groups excluding carboxylic acids is 1. The van der Waals surface area contributed by atoms with Gasteiger partial charge in [-0.3, -0.25) is 4.79 Å². The van der Waals surface area contributed by atoms with Crippen LogP contribution in [-0.2, 0) is 4.79 Å². The number of amides is 1. The molecule has 0 unspecified atom stereocenters. The van der Waals surface area contributed by atoms with E-state index >= 15 is 0 Å². The number of aryl methyl sites for hydroxylation is 2. The van der Waals surface area contributed by atoms with E-state index < -0.39 is 0 Å². The molecule has 0 aliphatic heterocycles. The summed E-state index contributed by atoms with van der Waals surface area (Å²) in [5.74, 6) is 0.724. The lowest BCUT2D eigenvalue weighted by molar-refractivity contribution is -0.117. The lowest BCUT2D eigenvalue weighted by Crippen LogP contribution is -2.16. The Labute approximate surface area is 138 Å². The molecule has 120 valence electrons. The molecule has 1 aliphatic carbocycles. The van der Waals surface area contributed by atoms with Gasteiger partial charge >= 0.3 is 0 Å². The number of hydrogen-bond acceptors (Lipinski definition) is 1. The quantitative estimate of drug-likeness (QED) is 0.795. The van der Waals surface area contributed by atoms with E-state index in [0.717, 1.165) is 22.4 Å². The molecular weight excluding hydrogens is 282 g/mol. The van der Waals surface area contributed by atoms with E-state index in [4.69, 9.17) is 0 Å². The van der Waals surface area contributed by atoms with Gasteiger partial charge in [0.15, 0.2) is 0 Å². The first-order valence-corrected chi connectivity index (χ1v) is 8.60. The van der Waals surface area contributed by atoms with Crippen LogP contribution in [0.25, 0.3) is 11.1 Å². The lowest BCUT2D eigenvalue weighted by Gasteiger charge is -2.17. The second-order valence-corrected chi connectivity index (χ2v) is 6.77. The van der Waals surface area contributed by atoms with Crippen LogP contribution in [0.3, 0.4) is 0 Å². The smallest absolute Gasteiger partial charge is 0.224 e. The Bertz CT molecular complexity index is 684. The summed E-state index contributed by atoms with van der Waals surface area (Å²) in [6.45, 7) is 4.17. The first kappa shape index (κ1) is 15.8. The maximum atomic E-state index is 12.5. The normalized spacial score (nSPS) is 14.9. The van der Waals surface area contributed by atoms with Gasteiger partial charge in [-0.05, 0) is 49.8 Å². The number of rotatable bonds is 4. The molecule has 3 rings (SSSR count). The van der Waals surface area contributed by atoms with Crippen molar-refractivity contribution in [3.63, 3.8) is 0 Å². The van der Waals surface area contributed by atoms with Gasteiger partial charge in [0, 0.05) is 12.0 Å². The predicted molar refractivity (Wildman–Crippen MR) is 96.6 cm³/mol. The zero-order valence-corrected chi connectivity index (χ0v) is 14.1. The Morgan fingerprint density at radius 2 is 1.78 bits per heavy atom. The van der Waals surface area contributed by atoms with Gasteiger partial charge in [0.05, 0.1) is 5.69 Å². The minimum atomic E-state index is 0.154. The van der Waals surface area contributed by atoms with Crippen molar-refractivity contribution in [2.24, 2.45) is 5.92 Å². The molecule has 1 saturated carbocycles. The SMILES string of the molecule is Cc1cc(C)c(NC(=O)CC2CCCC2)c(-c2ccccc2)c1. The van der Waals surface area contributed by atoms with Crippen LogP contribution < -0.4 is 5.32 Å². The maximum Gasteiger partial charge on any atom is 0.224 e. The van der Waals surface area contributed by atoms with Crippen molar-refractivity contribution < 1.29 is 4.79 Å². The third-order valence-corrected chi connectivity index (χ3v) is 4.78. The van der Waals surface area contributed by atoms with Gasteiger partial charge in [0.1, 0.15) is 0 Å². The van der Waals surface area contributed by atoms with Gasteiger partial charge in [-0.2, -0.15) is 0 Å². The number of hydrogen-bond donors (Lipinski definition) is 1. The second kappa shape index (κ2) is 6.99. The standard InChI is InChI=1S/C21H25NO/c1-15-12-16(2)21(19(13-15)18-10-4-3-5-11-18)22-20(23)14-17-8-6-7-9-17/h3-5,10-13,17H,6-9,14H2,1-2H3,(H,22,23). The Morgan fingerprint density at radius 1 is 1.09 bits per heavy atom. The molecule has 1 N–H and O–H groups in total. The third-order valence-electron chi connectivity index (χ3n) is 4.78. The first-order valence-electron chi connectivity index (χ1n) is 8.60. The van der Waals surface area contributed by atoms with Crippen molar-refractivity contribution in [3.8, 4) is 11.1 Å². The van der Waals surface area contributed by atoms with E-state index in [1.54, 1.807) is 0 Å². The largest absolute Gasteiger partial charge is 0.325 e. The topological polar surface area (TPSA) is 29.1 Å². The van der Waals surface area contributed by atoms with Crippen LogP contribution in [0.1, 0.15) is 43.2 Å². The molecule has 0 atom stereocenters. The van der Waals surface area contributed by atoms with E-state index in [0.29, 0.717) is 12.3 Å². The summed E-state index contributed by atoms with van der Waals surface area (Å²) >= 11 is 0. The third kappa shape index (κ3) is 3.82. The van der Waals surface area contributed by atoms with Crippen LogP contribution in [0.2, 0.25) is 0 Å². The van der Waals surface area contributed by atoms with Crippen molar-refractivity contribution in [2.45, 2.75) is 46.0 Å². The number of nitrogens with one attached hydrogen (secondary N) is 1. The second-order valence-electron chi connectivity index (χ2n) is 6.77. The average Bonchev–Trinajstić information content (AvgIpc) is 3.03. The summed E-state index contributed by atoms with van der Waals surface area (Å²) in [5.41, 5.74) is 5.57. The molecule has 2 heteroatoms. The molecule has 0 saturated heterocycles. The zero-order valence-electron chi connectivity index (χ0n) is 14.1. The summed E-state index contributed by atoms with van der Waals surface area (Å²) in [5, 5.41) is 3.19. The molecule has 0 bridgehead atoms. The molecule has 23 heavy (non-hydrogen) atoms. The van der Waals surface area contributed by atoms with Gasteiger partial charge in [0.2, 0.25) is 5.91 Å². The van der Waals surface area contributed by atoms with E-state index in [-0.39, 0.29) is 5.91 Å². The van der Waals surface area contributed by atoms with Crippen LogP contribution in [-0.4, -0.2) is 5.91 Å². The van der Waals surface area contributed by atoms with Crippen LogP contribution in [0.5, 0.6) is 0 Å². The molecular formula is C21H25NO. The fraction of sp³-hybridized carbons (Fsp3) is 0.381. The first-order chi connectivity index (χ1) is 11.1. The van der Waals surface area contributed by atoms with E-state index in [1.807, 2.05) is 18.2 Å². The van der Waals surface area contributed by atoms with E-state index in [1.165, 1.54) is 31.2 Å². The van der Waals surface area contributed by atoms with Crippen LogP contribution >= 0.6 is 0 Å². The van der Waals surface area contributed by atoms with Crippen LogP contribution in [0.4, 0.5) is 5.69 Å². The molecule has 1 fully saturated rings. The highest BCUT2D eigenvalue weighted by Crippen LogP contribution is 2.33. The molecule has 1 aliphatic rings. The predicted octanol–water partition coefficient (Wildman–Crippen LogP) is 5.49. The van der Waals surface area contributed by atoms with Gasteiger partial charge in [-0.15, -0.1) is 0 Å². The van der Waals surface area contributed by atoms with Gasteiger partial charge < -0.3 is 5.32 Å². The van der Waals surface area contributed by atoms with Gasteiger partial charge in [0.25, 0.3) is 0 Å². The lowest BCUT2D eigenvalue weighted by atomic mass is 9.97. The molecule has 1 amide bonds. The Morgan fingerprint density at radius 3 is 2.48 bits per heavy atom. The summed E-state index contributed by atoms with van der Waals surface area (Å²) in [4.78, 5) is 12.5. The molecule has 0 aromatic heterocycles. The van der Waals surface area contributed by atoms with Crippen LogP contribution in [0, 0.1) is 19.8 Å². The summed E-state index contributed by atoms with van der Waals surface area (Å²) in [6, 6.07) is 14.6. The van der Waals surface area contributed by atoms with Crippen molar-refractivity contribution in [1.82, 2.24) is 0 Å². The monoisotopic (exact) mass is 307 g/mol. The summed E-state index contributed by atoms with van der Waals surface area (Å²) < 4.78 is 0. The van der Waals surface area contributed by atoms with Gasteiger partial charge in [-0.25, -0.2) is 0 Å². The fourth-order valence-corrected chi connectivity index (χ4v) is 3.65. The van der Waals surface area contributed by atoms with Crippen molar-refractivity contribution in [2.75, 3.05) is 5.32 Å². The van der Waals surface area contributed by atoms with Crippen molar-refractivity contribution >= 4 is 11.6 Å². The average molecular weight is 307 g/mol. The van der Waals surface area contributed by atoms with Crippen molar-refractivity contribution in [1.29, 1.82) is 0 Å². The number of benzene rings is 2. The number of anilines is 1. The molecule has 0 spiro atoms. The highest BCUT2D eigenvalue weighted by atomic mass is 16.1. The Balaban J connectivity index is 1.87. The molecule has 2 aromatic rings. The highest BCUT2D eigenvalue weighted by Gasteiger charge is 2.19. The molecule has 0 heterocycles. The fourth-order valence-electron chi connectivity index (χ4n) is 3.65. The Kier molecular flexibility index (Phi) is 4.80. The minimum Gasteiger partial charge on any atom is -0.325 e. The highest BCUT2D eigenvalue weighted by molar-refractivity contribution is 5.97. The maximum absolute atomic E-state index is 12.5. The minimum absolute atomic E-state index is 0.154. The zero-order chi connectivity index (χ0) is 16.2. The summed E-state index contributed by atoms with van der Waals surface area (Å²) in [7, 11) is 0. The number of carbonyl (C=O) groups is 1. The van der Waals surface area contributed by atoms with Crippen LogP contribution in [0.15, 0.2) is 42.5 Å². The van der Waals surface area contributed by atoms with E-state index in [9.17, 15) is 4.79 Å². The van der Waals surface area contributed by atoms with Gasteiger partial charge in [-0.1, -0.05) is 54.8 Å². The molecule has 0 radical (unpaired) electrons. The van der Waals surface area contributed by atoms with Crippen molar-refractivity contribution in [3.05, 3.63) is 53.6 Å². The molecule has 2 nitrogen and oxygen atoms in total. The Hall–Kier alpha value is -2.09. The summed E-state index contributed by atoms with van der Waals surface area (Å²) in [6.07, 6.45) is 5.60. The van der Waals surface area contributed by atoms with E-state index in [2.05, 4.69) is 43.4 Å². The molecule has 2 aromatic carbocycles.